The van der Waals surface area contributed by atoms with E-state index in [9.17, 15) is 4.79 Å². The molecule has 0 bridgehead atoms. The molecular formula is C19H23N5O2. The Bertz CT molecular complexity index is 880. The molecule has 1 N–H and O–H groups in total. The summed E-state index contributed by atoms with van der Waals surface area (Å²) in [5, 5.41) is 11.2. The van der Waals surface area contributed by atoms with Crippen LogP contribution in [0.15, 0.2) is 42.9 Å². The summed E-state index contributed by atoms with van der Waals surface area (Å²) in [7, 11) is 0. The number of carbonyl (C=O) groups is 1. The summed E-state index contributed by atoms with van der Waals surface area (Å²) >= 11 is 0. The highest BCUT2D eigenvalue weighted by atomic mass is 16.5. The number of amides is 1. The number of aryl methyl sites for hydroxylation is 2. The molecule has 7 heteroatoms. The average Bonchev–Trinajstić information content (AvgIpc) is 3.26. The molecule has 0 aliphatic heterocycles. The Kier molecular flexibility index (Phi) is 5.36. The second-order valence-corrected chi connectivity index (χ2v) is 5.95. The lowest BCUT2D eigenvalue weighted by molar-refractivity contribution is 0.102. The molecule has 2 heterocycles. The van der Waals surface area contributed by atoms with Gasteiger partial charge in [-0.05, 0) is 38.0 Å². The largest absolute Gasteiger partial charge is 0.471 e. The maximum Gasteiger partial charge on any atom is 0.259 e. The number of rotatable bonds is 7. The number of nitrogens with one attached hydrogen (secondary N) is 1. The van der Waals surface area contributed by atoms with Crippen LogP contribution in [0.2, 0.25) is 0 Å². The van der Waals surface area contributed by atoms with Crippen molar-refractivity contribution >= 4 is 11.6 Å². The molecule has 0 aliphatic carbocycles. The molecule has 136 valence electrons. The first-order valence-corrected chi connectivity index (χ1v) is 8.68. The number of nitrogens with zero attached hydrogens (tertiary/aromatic N) is 4. The van der Waals surface area contributed by atoms with Crippen LogP contribution < -0.4 is 10.1 Å². The normalized spacial score (nSPS) is 10.7. The van der Waals surface area contributed by atoms with Gasteiger partial charge in [0.25, 0.3) is 5.91 Å². The Morgan fingerprint density at radius 1 is 1.15 bits per heavy atom. The van der Waals surface area contributed by atoms with Gasteiger partial charge in [-0.3, -0.25) is 9.48 Å². The topological polar surface area (TPSA) is 74.0 Å². The zero-order chi connectivity index (χ0) is 18.5. The summed E-state index contributed by atoms with van der Waals surface area (Å²) in [6.45, 7) is 6.99. The monoisotopic (exact) mass is 353 g/mol. The summed E-state index contributed by atoms with van der Waals surface area (Å²) in [5.74, 6) is 0.587. The molecule has 0 atom stereocenters. The van der Waals surface area contributed by atoms with E-state index in [0.717, 1.165) is 24.4 Å². The molecule has 1 aromatic carbocycles. The van der Waals surface area contributed by atoms with Crippen LogP contribution in [0.4, 0.5) is 5.69 Å². The zero-order valence-corrected chi connectivity index (χ0v) is 15.3. The maximum absolute atomic E-state index is 12.4. The highest BCUT2D eigenvalue weighted by Gasteiger charge is 2.14. The van der Waals surface area contributed by atoms with E-state index in [0.29, 0.717) is 11.3 Å². The Labute approximate surface area is 152 Å². The standard InChI is InChI=1S/C19H23N5O2/c1-4-15-6-8-17(9-7-15)26-13-23-12-16(10-20-23)22-19(25)18-11-21-24(5-2)14(18)3/h6-12H,4-5,13H2,1-3H3,(H,22,25). The fourth-order valence-corrected chi connectivity index (χ4v) is 2.65. The molecule has 0 fully saturated rings. The van der Waals surface area contributed by atoms with E-state index in [1.165, 1.54) is 5.56 Å². The summed E-state index contributed by atoms with van der Waals surface area (Å²) in [6.07, 6.45) is 5.92. The van der Waals surface area contributed by atoms with Crippen LogP contribution in [0, 0.1) is 6.92 Å². The molecule has 3 aromatic rings. The number of anilines is 1. The predicted octanol–water partition coefficient (Wildman–Crippen LogP) is 3.26. The van der Waals surface area contributed by atoms with Gasteiger partial charge in [0.2, 0.25) is 0 Å². The van der Waals surface area contributed by atoms with Crippen LogP contribution in [-0.2, 0) is 19.7 Å². The number of ether oxygens (including phenoxy) is 1. The fourth-order valence-electron chi connectivity index (χ4n) is 2.65. The smallest absolute Gasteiger partial charge is 0.259 e. The minimum Gasteiger partial charge on any atom is -0.471 e. The second kappa shape index (κ2) is 7.86. The van der Waals surface area contributed by atoms with Gasteiger partial charge in [0.05, 0.1) is 29.8 Å². The molecule has 2 aromatic heterocycles. The Balaban J connectivity index is 1.58. The van der Waals surface area contributed by atoms with E-state index in [1.54, 1.807) is 28.0 Å². The van der Waals surface area contributed by atoms with Crippen molar-refractivity contribution in [1.82, 2.24) is 19.6 Å². The van der Waals surface area contributed by atoms with E-state index < -0.39 is 0 Å². The fraction of sp³-hybridized carbons (Fsp3) is 0.316. The van der Waals surface area contributed by atoms with E-state index in [2.05, 4.69) is 22.4 Å². The van der Waals surface area contributed by atoms with Gasteiger partial charge in [-0.25, -0.2) is 4.68 Å². The van der Waals surface area contributed by atoms with Gasteiger partial charge < -0.3 is 10.1 Å². The minimum absolute atomic E-state index is 0.196. The van der Waals surface area contributed by atoms with Crippen LogP contribution in [0.3, 0.4) is 0 Å². The summed E-state index contributed by atoms with van der Waals surface area (Å²) in [6, 6.07) is 7.98. The zero-order valence-electron chi connectivity index (χ0n) is 15.3. The van der Waals surface area contributed by atoms with Gasteiger partial charge in [0.1, 0.15) is 5.75 Å². The number of hydrogen-bond donors (Lipinski definition) is 1. The number of hydrogen-bond acceptors (Lipinski definition) is 4. The molecular weight excluding hydrogens is 330 g/mol. The van der Waals surface area contributed by atoms with Crippen LogP contribution in [0.25, 0.3) is 0 Å². The first-order valence-electron chi connectivity index (χ1n) is 8.68. The molecule has 7 nitrogen and oxygen atoms in total. The van der Waals surface area contributed by atoms with Crippen LogP contribution in [0.1, 0.15) is 35.5 Å². The van der Waals surface area contributed by atoms with Gasteiger partial charge in [-0.15, -0.1) is 0 Å². The molecule has 0 spiro atoms. The van der Waals surface area contributed by atoms with Gasteiger partial charge >= 0.3 is 0 Å². The quantitative estimate of drug-likeness (QED) is 0.707. The van der Waals surface area contributed by atoms with Crippen molar-refractivity contribution in [3.8, 4) is 5.75 Å². The van der Waals surface area contributed by atoms with Crippen LogP contribution >= 0.6 is 0 Å². The van der Waals surface area contributed by atoms with Crippen molar-refractivity contribution in [3.63, 3.8) is 0 Å². The second-order valence-electron chi connectivity index (χ2n) is 5.95. The Hall–Kier alpha value is -3.09. The minimum atomic E-state index is -0.196. The van der Waals surface area contributed by atoms with E-state index in [-0.39, 0.29) is 12.6 Å². The molecule has 1 amide bonds. The third-order valence-corrected chi connectivity index (χ3v) is 4.23. The lowest BCUT2D eigenvalue weighted by Crippen LogP contribution is -2.13. The average molecular weight is 353 g/mol. The number of aromatic nitrogens is 4. The summed E-state index contributed by atoms with van der Waals surface area (Å²) in [5.41, 5.74) is 3.29. The van der Waals surface area contributed by atoms with Crippen molar-refractivity contribution in [2.75, 3.05) is 5.32 Å². The van der Waals surface area contributed by atoms with E-state index >= 15 is 0 Å². The molecule has 3 rings (SSSR count). The van der Waals surface area contributed by atoms with Crippen molar-refractivity contribution in [2.24, 2.45) is 0 Å². The third-order valence-electron chi connectivity index (χ3n) is 4.23. The molecule has 0 saturated carbocycles. The molecule has 0 unspecified atom stereocenters. The van der Waals surface area contributed by atoms with Gasteiger partial charge in [-0.1, -0.05) is 19.1 Å². The molecule has 0 radical (unpaired) electrons. The number of carbonyl (C=O) groups excluding carboxylic acids is 1. The summed E-state index contributed by atoms with van der Waals surface area (Å²) in [4.78, 5) is 12.4. The molecule has 0 aliphatic rings. The number of benzene rings is 1. The molecule has 26 heavy (non-hydrogen) atoms. The van der Waals surface area contributed by atoms with Crippen LogP contribution in [-0.4, -0.2) is 25.5 Å². The first kappa shape index (κ1) is 17.7. The maximum atomic E-state index is 12.4. The highest BCUT2D eigenvalue weighted by molar-refractivity contribution is 6.04. The Morgan fingerprint density at radius 2 is 1.92 bits per heavy atom. The van der Waals surface area contributed by atoms with E-state index in [1.807, 2.05) is 38.1 Å². The van der Waals surface area contributed by atoms with Crippen molar-refractivity contribution in [1.29, 1.82) is 0 Å². The predicted molar refractivity (Wildman–Crippen MR) is 99.3 cm³/mol. The summed E-state index contributed by atoms with van der Waals surface area (Å²) < 4.78 is 9.12. The van der Waals surface area contributed by atoms with Gasteiger partial charge in [0, 0.05) is 12.2 Å². The van der Waals surface area contributed by atoms with Crippen molar-refractivity contribution in [2.45, 2.75) is 40.5 Å². The van der Waals surface area contributed by atoms with Crippen LogP contribution in [0.5, 0.6) is 5.75 Å². The highest BCUT2D eigenvalue weighted by Crippen LogP contribution is 2.15. The van der Waals surface area contributed by atoms with Crippen molar-refractivity contribution < 1.29 is 9.53 Å². The van der Waals surface area contributed by atoms with E-state index in [4.69, 9.17) is 4.74 Å². The van der Waals surface area contributed by atoms with Gasteiger partial charge in [0.15, 0.2) is 6.73 Å². The third kappa shape index (κ3) is 3.93. The first-order chi connectivity index (χ1) is 12.6. The van der Waals surface area contributed by atoms with Crippen molar-refractivity contribution in [3.05, 3.63) is 59.7 Å². The lowest BCUT2D eigenvalue weighted by atomic mass is 10.2. The van der Waals surface area contributed by atoms with Gasteiger partial charge in [-0.2, -0.15) is 10.2 Å². The lowest BCUT2D eigenvalue weighted by Gasteiger charge is -2.06. The Morgan fingerprint density at radius 3 is 2.58 bits per heavy atom. The molecule has 0 saturated heterocycles. The SMILES string of the molecule is CCc1ccc(OCn2cc(NC(=O)c3cnn(CC)c3C)cn2)cc1.